The van der Waals surface area contributed by atoms with E-state index in [-0.39, 0.29) is 0 Å². The monoisotopic (exact) mass is 355 g/mol. The zero-order chi connectivity index (χ0) is 16.4. The zero-order valence-electron chi connectivity index (χ0n) is 13.5. The normalized spacial score (nSPS) is 22.5. The maximum atomic E-state index is 12.3. The summed E-state index contributed by atoms with van der Waals surface area (Å²) in [7, 11) is 2.05. The predicted octanol–water partition coefficient (Wildman–Crippen LogP) is 3.61. The molecule has 1 saturated heterocycles. The van der Waals surface area contributed by atoms with E-state index in [4.69, 9.17) is 23.2 Å². The second-order valence-electron chi connectivity index (χ2n) is 6.83. The Labute approximate surface area is 147 Å². The smallest absolute Gasteiger partial charge is 0.223 e. The summed E-state index contributed by atoms with van der Waals surface area (Å²) in [6, 6.07) is 0.488. The van der Waals surface area contributed by atoms with Crippen LogP contribution in [0.4, 0.5) is 0 Å². The number of likely N-dealkylation sites (tertiary alicyclic amines) is 1. The third-order valence-electron chi connectivity index (χ3n) is 4.95. The molecule has 23 heavy (non-hydrogen) atoms. The fourth-order valence-corrected chi connectivity index (χ4v) is 4.35. The Morgan fingerprint density at radius 1 is 1.26 bits per heavy atom. The number of carbonyl (C=O) groups is 1. The summed E-state index contributed by atoms with van der Waals surface area (Å²) in [6.07, 6.45) is 8.79. The highest BCUT2D eigenvalue weighted by molar-refractivity contribution is 6.35. The van der Waals surface area contributed by atoms with Crippen molar-refractivity contribution >= 4 is 29.1 Å². The van der Waals surface area contributed by atoms with Gasteiger partial charge >= 0.3 is 0 Å². The van der Waals surface area contributed by atoms with E-state index >= 15 is 0 Å². The van der Waals surface area contributed by atoms with Crippen LogP contribution < -0.4 is 0 Å². The second kappa shape index (κ2) is 7.37. The van der Waals surface area contributed by atoms with E-state index in [0.717, 1.165) is 18.7 Å². The molecule has 0 spiro atoms. The van der Waals surface area contributed by atoms with Gasteiger partial charge in [-0.3, -0.25) is 9.78 Å². The summed E-state index contributed by atoms with van der Waals surface area (Å²) in [6.45, 7) is 2.45. The summed E-state index contributed by atoms with van der Waals surface area (Å²) in [5.41, 5.74) is 0.905. The number of hydrogen-bond donors (Lipinski definition) is 0. The molecule has 1 aliphatic heterocycles. The largest absolute Gasteiger partial charge is 0.339 e. The average molecular weight is 356 g/mol. The van der Waals surface area contributed by atoms with Gasteiger partial charge in [-0.2, -0.15) is 0 Å². The highest BCUT2D eigenvalue weighted by Gasteiger charge is 2.35. The van der Waals surface area contributed by atoms with Crippen LogP contribution in [0, 0.1) is 5.92 Å². The molecule has 6 heteroatoms. The molecule has 1 amide bonds. The number of rotatable bonds is 5. The number of pyridine rings is 1. The first-order valence-corrected chi connectivity index (χ1v) is 9.06. The van der Waals surface area contributed by atoms with Crippen LogP contribution in [0.1, 0.15) is 37.7 Å². The molecule has 1 aromatic rings. The van der Waals surface area contributed by atoms with Crippen LogP contribution in [0.3, 0.4) is 0 Å². The molecule has 0 aromatic carbocycles. The average Bonchev–Trinajstić information content (AvgIpc) is 3.12. The molecule has 0 bridgehead atoms. The molecule has 2 aliphatic rings. The quantitative estimate of drug-likeness (QED) is 0.809. The van der Waals surface area contributed by atoms with Crippen molar-refractivity contribution in [3.05, 3.63) is 28.0 Å². The third-order valence-corrected chi connectivity index (χ3v) is 5.61. The maximum absolute atomic E-state index is 12.3. The van der Waals surface area contributed by atoms with Gasteiger partial charge in [-0.25, -0.2) is 0 Å². The molecule has 2 fully saturated rings. The topological polar surface area (TPSA) is 36.4 Å². The van der Waals surface area contributed by atoms with Crippen molar-refractivity contribution in [2.75, 3.05) is 20.1 Å². The van der Waals surface area contributed by atoms with Gasteiger partial charge in [0.25, 0.3) is 0 Å². The van der Waals surface area contributed by atoms with E-state index in [2.05, 4.69) is 21.8 Å². The summed E-state index contributed by atoms with van der Waals surface area (Å²) < 4.78 is 0. The molecule has 126 valence electrons. The van der Waals surface area contributed by atoms with Crippen molar-refractivity contribution in [1.29, 1.82) is 0 Å². The van der Waals surface area contributed by atoms with Gasteiger partial charge in [0, 0.05) is 50.1 Å². The van der Waals surface area contributed by atoms with Crippen molar-refractivity contribution < 1.29 is 4.79 Å². The first-order valence-electron chi connectivity index (χ1n) is 8.30. The van der Waals surface area contributed by atoms with Crippen molar-refractivity contribution in [2.45, 2.75) is 44.7 Å². The van der Waals surface area contributed by atoms with Crippen LogP contribution in [-0.4, -0.2) is 46.9 Å². The van der Waals surface area contributed by atoms with Gasteiger partial charge in [-0.15, -0.1) is 0 Å². The molecule has 1 saturated carbocycles. The molecule has 3 rings (SSSR count). The fraction of sp³-hybridized carbons (Fsp3) is 0.647. The third kappa shape index (κ3) is 3.98. The van der Waals surface area contributed by atoms with Crippen molar-refractivity contribution in [2.24, 2.45) is 5.92 Å². The highest BCUT2D eigenvalue weighted by atomic mass is 35.5. The molecule has 0 unspecified atom stereocenters. The first kappa shape index (κ1) is 17.0. The lowest BCUT2D eigenvalue weighted by Gasteiger charge is -2.25. The van der Waals surface area contributed by atoms with Crippen LogP contribution in [0.2, 0.25) is 10.0 Å². The van der Waals surface area contributed by atoms with Gasteiger partial charge in [-0.1, -0.05) is 36.0 Å². The van der Waals surface area contributed by atoms with Gasteiger partial charge in [0.2, 0.25) is 5.91 Å². The summed E-state index contributed by atoms with van der Waals surface area (Å²) in [4.78, 5) is 20.6. The minimum Gasteiger partial charge on any atom is -0.339 e. The molecule has 0 radical (unpaired) electrons. The van der Waals surface area contributed by atoms with Crippen molar-refractivity contribution in [3.63, 3.8) is 0 Å². The van der Waals surface area contributed by atoms with Crippen LogP contribution in [-0.2, 0) is 11.3 Å². The van der Waals surface area contributed by atoms with Crippen molar-refractivity contribution in [3.8, 4) is 0 Å². The number of hydrogen-bond acceptors (Lipinski definition) is 3. The van der Waals surface area contributed by atoms with E-state index in [9.17, 15) is 4.79 Å². The molecule has 4 nitrogen and oxygen atoms in total. The molecular formula is C17H23Cl2N3O. The highest BCUT2D eigenvalue weighted by Crippen LogP contribution is 2.30. The van der Waals surface area contributed by atoms with Crippen LogP contribution in [0.5, 0.6) is 0 Å². The number of halogens is 2. The number of nitrogens with zero attached hydrogens (tertiary/aromatic N) is 3. The Bertz CT molecular complexity index is 555. The Hall–Kier alpha value is -0.840. The SMILES string of the molecule is CN(Cc1c(Cl)cncc1Cl)C[C@@H]1CC(=O)N(C2CCCC2)C1. The van der Waals surface area contributed by atoms with Crippen LogP contribution in [0.25, 0.3) is 0 Å². The standard InChI is InChI=1S/C17H23Cl2N3O/c1-21(11-14-15(18)7-20-8-16(14)19)9-12-6-17(23)22(10-12)13-4-2-3-5-13/h7-8,12-13H,2-6,9-11H2,1H3/t12-/m0/s1. The lowest BCUT2D eigenvalue weighted by atomic mass is 10.1. The van der Waals surface area contributed by atoms with E-state index in [1.54, 1.807) is 12.4 Å². The van der Waals surface area contributed by atoms with Gasteiger partial charge in [0.1, 0.15) is 0 Å². The number of aromatic nitrogens is 1. The summed E-state index contributed by atoms with van der Waals surface area (Å²) in [5, 5.41) is 1.19. The Morgan fingerprint density at radius 3 is 2.57 bits per heavy atom. The van der Waals surface area contributed by atoms with Crippen LogP contribution >= 0.6 is 23.2 Å². The Morgan fingerprint density at radius 2 is 1.91 bits per heavy atom. The Balaban J connectivity index is 1.56. The first-order chi connectivity index (χ1) is 11.0. The molecule has 2 heterocycles. The minimum absolute atomic E-state index is 0.329. The van der Waals surface area contributed by atoms with E-state index in [1.165, 1.54) is 25.7 Å². The minimum atomic E-state index is 0.329. The fourth-order valence-electron chi connectivity index (χ4n) is 3.86. The molecule has 1 aliphatic carbocycles. The lowest BCUT2D eigenvalue weighted by Crippen LogP contribution is -2.35. The molecule has 0 N–H and O–H groups in total. The maximum Gasteiger partial charge on any atom is 0.223 e. The number of amides is 1. The predicted molar refractivity (Wildman–Crippen MR) is 92.7 cm³/mol. The molecular weight excluding hydrogens is 333 g/mol. The van der Waals surface area contributed by atoms with Crippen molar-refractivity contribution in [1.82, 2.24) is 14.8 Å². The second-order valence-corrected chi connectivity index (χ2v) is 7.65. The summed E-state index contributed by atoms with van der Waals surface area (Å²) >= 11 is 12.4. The van der Waals surface area contributed by atoms with Gasteiger partial charge < -0.3 is 9.80 Å². The number of carbonyl (C=O) groups excluding carboxylic acids is 1. The summed E-state index contributed by atoms with van der Waals surface area (Å²) in [5.74, 6) is 0.725. The van der Waals surface area contributed by atoms with E-state index in [0.29, 0.717) is 40.9 Å². The van der Waals surface area contributed by atoms with E-state index < -0.39 is 0 Å². The van der Waals surface area contributed by atoms with E-state index in [1.807, 2.05) is 0 Å². The Kier molecular flexibility index (Phi) is 5.45. The van der Waals surface area contributed by atoms with Gasteiger partial charge in [0.05, 0.1) is 10.0 Å². The van der Waals surface area contributed by atoms with Gasteiger partial charge in [0.15, 0.2) is 0 Å². The lowest BCUT2D eigenvalue weighted by molar-refractivity contribution is -0.129. The molecule has 1 aromatic heterocycles. The van der Waals surface area contributed by atoms with Gasteiger partial charge in [-0.05, 0) is 25.8 Å². The molecule has 1 atom stereocenters. The van der Waals surface area contributed by atoms with Crippen LogP contribution in [0.15, 0.2) is 12.4 Å². The zero-order valence-corrected chi connectivity index (χ0v) is 15.0.